The molecule has 0 atom stereocenters. The summed E-state index contributed by atoms with van der Waals surface area (Å²) in [6.07, 6.45) is 5.01. The van der Waals surface area contributed by atoms with Gasteiger partial charge in [-0.2, -0.15) is 0 Å². The van der Waals surface area contributed by atoms with Crippen LogP contribution in [0.15, 0.2) is 59.7 Å². The number of rotatable bonds is 10. The number of guanidine groups is 1. The van der Waals surface area contributed by atoms with Gasteiger partial charge in [-0.25, -0.2) is 0 Å². The van der Waals surface area contributed by atoms with Gasteiger partial charge in [0.25, 0.3) is 0 Å². The van der Waals surface area contributed by atoms with Crippen molar-refractivity contribution in [3.8, 4) is 5.75 Å². The Kier molecular flexibility index (Phi) is 7.95. The quantitative estimate of drug-likeness (QED) is 0.274. The number of fused-ring (bicyclic) bond motifs is 1. The van der Waals surface area contributed by atoms with Gasteiger partial charge in [0.15, 0.2) is 5.96 Å². The lowest BCUT2D eigenvalue weighted by Gasteiger charge is -2.13. The molecule has 0 spiro atoms. The molecule has 1 aromatic heterocycles. The molecule has 0 fully saturated rings. The van der Waals surface area contributed by atoms with E-state index in [0.717, 1.165) is 43.2 Å². The number of ether oxygens (including phenoxy) is 2. The lowest BCUT2D eigenvalue weighted by Crippen LogP contribution is -2.31. The maximum Gasteiger partial charge on any atom is 0.195 e. The Morgan fingerprint density at radius 3 is 2.83 bits per heavy atom. The number of anilines is 1. The van der Waals surface area contributed by atoms with Gasteiger partial charge in [-0.05, 0) is 36.6 Å². The van der Waals surface area contributed by atoms with Gasteiger partial charge in [-0.1, -0.05) is 24.3 Å². The van der Waals surface area contributed by atoms with Crippen LogP contribution in [0.25, 0.3) is 10.9 Å². The number of aromatic amines is 1. The lowest BCUT2D eigenvalue weighted by molar-refractivity contribution is 0.172. The molecule has 6 heteroatoms. The molecule has 29 heavy (non-hydrogen) atoms. The number of aliphatic imine (C=N–C) groups is 1. The predicted molar refractivity (Wildman–Crippen MR) is 120 cm³/mol. The number of hydrogen-bond donors (Lipinski definition) is 3. The average molecular weight is 395 g/mol. The summed E-state index contributed by atoms with van der Waals surface area (Å²) in [6, 6.07) is 16.3. The number of nitrogens with one attached hydrogen (secondary N) is 3. The van der Waals surface area contributed by atoms with E-state index in [1.165, 1.54) is 16.5 Å². The summed E-state index contributed by atoms with van der Waals surface area (Å²) in [4.78, 5) is 7.65. The molecule has 0 unspecified atom stereocenters. The normalized spacial score (nSPS) is 11.6. The highest BCUT2D eigenvalue weighted by atomic mass is 16.5. The van der Waals surface area contributed by atoms with Gasteiger partial charge in [-0.15, -0.1) is 0 Å². The van der Waals surface area contributed by atoms with Crippen molar-refractivity contribution < 1.29 is 9.47 Å². The second kappa shape index (κ2) is 11.1. The Morgan fingerprint density at radius 2 is 1.97 bits per heavy atom. The summed E-state index contributed by atoms with van der Waals surface area (Å²) in [5.41, 5.74) is 3.49. The minimum Gasteiger partial charge on any atom is -0.493 e. The molecule has 0 amide bonds. The van der Waals surface area contributed by atoms with Crippen LogP contribution in [0.3, 0.4) is 0 Å². The van der Waals surface area contributed by atoms with E-state index >= 15 is 0 Å². The van der Waals surface area contributed by atoms with Crippen LogP contribution in [0, 0.1) is 0 Å². The molecule has 3 rings (SSSR count). The Morgan fingerprint density at radius 1 is 1.07 bits per heavy atom. The SMILES string of the molecule is CN=C(NCCCc1c[nH]c2ccccc12)Nc1cccc(OCCCOC)c1. The first kappa shape index (κ1) is 20.7. The molecule has 3 aromatic rings. The third kappa shape index (κ3) is 6.26. The monoisotopic (exact) mass is 394 g/mol. The number of nitrogens with zero attached hydrogens (tertiary/aromatic N) is 1. The molecule has 1 heterocycles. The van der Waals surface area contributed by atoms with Gasteiger partial charge in [-0.3, -0.25) is 4.99 Å². The molecule has 0 radical (unpaired) electrons. The number of aryl methyl sites for hydroxylation is 1. The molecule has 154 valence electrons. The van der Waals surface area contributed by atoms with Crippen molar-refractivity contribution in [2.24, 2.45) is 4.99 Å². The average Bonchev–Trinajstić information content (AvgIpc) is 3.17. The summed E-state index contributed by atoms with van der Waals surface area (Å²) >= 11 is 0. The number of H-pyrrole nitrogens is 1. The Labute approximate surface area is 172 Å². The Hall–Kier alpha value is -2.99. The van der Waals surface area contributed by atoms with Crippen molar-refractivity contribution in [2.75, 3.05) is 39.2 Å². The Balaban J connectivity index is 1.44. The lowest BCUT2D eigenvalue weighted by atomic mass is 10.1. The van der Waals surface area contributed by atoms with Crippen molar-refractivity contribution in [1.29, 1.82) is 0 Å². The van der Waals surface area contributed by atoms with E-state index in [-0.39, 0.29) is 0 Å². The van der Waals surface area contributed by atoms with Crippen LogP contribution < -0.4 is 15.4 Å². The number of hydrogen-bond acceptors (Lipinski definition) is 3. The van der Waals surface area contributed by atoms with Crippen LogP contribution in [0.5, 0.6) is 5.75 Å². The molecule has 2 aromatic carbocycles. The second-order valence-electron chi connectivity index (χ2n) is 6.81. The molecule has 0 saturated carbocycles. The van der Waals surface area contributed by atoms with Gasteiger partial charge in [0.2, 0.25) is 0 Å². The van der Waals surface area contributed by atoms with Crippen molar-refractivity contribution in [3.05, 3.63) is 60.3 Å². The largest absolute Gasteiger partial charge is 0.493 e. The van der Waals surface area contributed by atoms with E-state index in [4.69, 9.17) is 9.47 Å². The van der Waals surface area contributed by atoms with E-state index < -0.39 is 0 Å². The first-order valence-corrected chi connectivity index (χ1v) is 10.0. The van der Waals surface area contributed by atoms with Crippen molar-refractivity contribution in [3.63, 3.8) is 0 Å². The number of benzene rings is 2. The summed E-state index contributed by atoms with van der Waals surface area (Å²) in [6.45, 7) is 2.18. The van der Waals surface area contributed by atoms with Crippen LogP contribution in [0.4, 0.5) is 5.69 Å². The second-order valence-corrected chi connectivity index (χ2v) is 6.81. The summed E-state index contributed by atoms with van der Waals surface area (Å²) in [7, 11) is 3.48. The Bertz CT molecular complexity index is 920. The molecule has 6 nitrogen and oxygen atoms in total. The van der Waals surface area contributed by atoms with E-state index in [9.17, 15) is 0 Å². The fraction of sp³-hybridized carbons (Fsp3) is 0.348. The van der Waals surface area contributed by atoms with Crippen molar-refractivity contribution >= 4 is 22.5 Å². The zero-order valence-corrected chi connectivity index (χ0v) is 17.2. The van der Waals surface area contributed by atoms with Crippen molar-refractivity contribution in [2.45, 2.75) is 19.3 Å². The van der Waals surface area contributed by atoms with E-state index in [0.29, 0.717) is 13.2 Å². The molecule has 0 bridgehead atoms. The first-order valence-electron chi connectivity index (χ1n) is 10.0. The van der Waals surface area contributed by atoms with Crippen LogP contribution in [0.1, 0.15) is 18.4 Å². The van der Waals surface area contributed by atoms with E-state index in [1.54, 1.807) is 14.2 Å². The first-order chi connectivity index (χ1) is 14.3. The maximum absolute atomic E-state index is 5.76. The minimum atomic E-state index is 0.637. The number of para-hydroxylation sites is 1. The smallest absolute Gasteiger partial charge is 0.195 e. The van der Waals surface area contributed by atoms with Crippen molar-refractivity contribution in [1.82, 2.24) is 10.3 Å². The van der Waals surface area contributed by atoms with Gasteiger partial charge >= 0.3 is 0 Å². The van der Waals surface area contributed by atoms with Crippen LogP contribution in [0.2, 0.25) is 0 Å². The van der Waals surface area contributed by atoms with Gasteiger partial charge < -0.3 is 25.1 Å². The topological polar surface area (TPSA) is 70.7 Å². The molecule has 0 saturated heterocycles. The van der Waals surface area contributed by atoms with E-state index in [1.807, 2.05) is 24.3 Å². The molecule has 0 aliphatic heterocycles. The maximum atomic E-state index is 5.76. The molecular formula is C23H30N4O2. The fourth-order valence-electron chi connectivity index (χ4n) is 3.20. The minimum absolute atomic E-state index is 0.637. The standard InChI is InChI=1S/C23H30N4O2/c1-24-23(27-19-9-5-10-20(16-19)29-15-7-14-28-2)25-13-6-8-18-17-26-22-12-4-3-11-21(18)22/h3-5,9-12,16-17,26H,6-8,13-15H2,1-2H3,(H2,24,25,27). The summed E-state index contributed by atoms with van der Waals surface area (Å²) in [5.74, 6) is 1.58. The molecule has 0 aliphatic rings. The van der Waals surface area contributed by atoms with Crippen LogP contribution >= 0.6 is 0 Å². The fourth-order valence-corrected chi connectivity index (χ4v) is 3.20. The molecular weight excluding hydrogens is 364 g/mol. The highest BCUT2D eigenvalue weighted by molar-refractivity contribution is 5.93. The van der Waals surface area contributed by atoms with Crippen LogP contribution in [-0.2, 0) is 11.2 Å². The summed E-state index contributed by atoms with van der Waals surface area (Å²) in [5, 5.41) is 8.00. The third-order valence-corrected chi connectivity index (χ3v) is 4.67. The predicted octanol–water partition coefficient (Wildman–Crippen LogP) is 4.20. The number of methoxy groups -OCH3 is 1. The van der Waals surface area contributed by atoms with Gasteiger partial charge in [0, 0.05) is 62.6 Å². The summed E-state index contributed by atoms with van der Waals surface area (Å²) < 4.78 is 10.8. The molecule has 3 N–H and O–H groups in total. The van der Waals surface area contributed by atoms with Crippen LogP contribution in [-0.4, -0.2) is 44.9 Å². The number of aromatic nitrogens is 1. The highest BCUT2D eigenvalue weighted by Gasteiger charge is 2.04. The van der Waals surface area contributed by atoms with E-state index in [2.05, 4.69) is 51.1 Å². The molecule has 0 aliphatic carbocycles. The van der Waals surface area contributed by atoms with Gasteiger partial charge in [0.05, 0.1) is 6.61 Å². The zero-order valence-electron chi connectivity index (χ0n) is 17.2. The third-order valence-electron chi connectivity index (χ3n) is 4.67. The highest BCUT2D eigenvalue weighted by Crippen LogP contribution is 2.19. The van der Waals surface area contributed by atoms with Gasteiger partial charge in [0.1, 0.15) is 5.75 Å². The zero-order chi connectivity index (χ0) is 20.3.